The number of anilines is 1. The summed E-state index contributed by atoms with van der Waals surface area (Å²) in [5, 5.41) is 3.25. The molecular formula is C25H26N6O3S. The van der Waals surface area contributed by atoms with E-state index in [4.69, 9.17) is 15.5 Å². The van der Waals surface area contributed by atoms with E-state index in [0.717, 1.165) is 29.1 Å². The second-order valence-electron chi connectivity index (χ2n) is 8.33. The lowest BCUT2D eigenvalue weighted by atomic mass is 10.1. The van der Waals surface area contributed by atoms with Crippen LogP contribution in [0.5, 0.6) is 0 Å². The highest BCUT2D eigenvalue weighted by Gasteiger charge is 2.23. The molecule has 4 aromatic rings. The third-order valence-corrected chi connectivity index (χ3v) is 7.21. The molecule has 9 nitrogen and oxygen atoms in total. The van der Waals surface area contributed by atoms with Crippen molar-refractivity contribution in [1.82, 2.24) is 14.7 Å². The summed E-state index contributed by atoms with van der Waals surface area (Å²) in [5.41, 5.74) is 8.36. The number of pyridine rings is 2. The van der Waals surface area contributed by atoms with Gasteiger partial charge in [-0.25, -0.2) is 4.98 Å². The highest BCUT2D eigenvalue weighted by Crippen LogP contribution is 2.31. The number of hydrogen-bond donors (Lipinski definition) is 2. The molecule has 3 aromatic heterocycles. The predicted molar refractivity (Wildman–Crippen MR) is 141 cm³/mol. The zero-order valence-corrected chi connectivity index (χ0v) is 20.4. The number of nitrogens with zero attached hydrogens (tertiary/aromatic N) is 4. The van der Waals surface area contributed by atoms with Gasteiger partial charge < -0.3 is 20.7 Å². The zero-order chi connectivity index (χ0) is 24.5. The van der Waals surface area contributed by atoms with Crippen molar-refractivity contribution in [2.75, 3.05) is 44.8 Å². The van der Waals surface area contributed by atoms with Gasteiger partial charge in [-0.05, 0) is 31.2 Å². The van der Waals surface area contributed by atoms with Gasteiger partial charge in [0.25, 0.3) is 5.91 Å². The number of ether oxygens (including phenoxy) is 1. The minimum absolute atomic E-state index is 0.0992. The number of morpholine rings is 1. The Kier molecular flexibility index (Phi) is 6.23. The van der Waals surface area contributed by atoms with E-state index in [1.54, 1.807) is 26.3 Å². The number of thiazole rings is 1. The van der Waals surface area contributed by atoms with Crippen LogP contribution in [0.1, 0.15) is 17.3 Å². The van der Waals surface area contributed by atoms with Crippen LogP contribution in [-0.2, 0) is 4.74 Å². The molecule has 0 spiro atoms. The van der Waals surface area contributed by atoms with Gasteiger partial charge in [-0.1, -0.05) is 12.1 Å². The fourth-order valence-corrected chi connectivity index (χ4v) is 5.44. The van der Waals surface area contributed by atoms with Gasteiger partial charge >= 0.3 is 0 Å². The van der Waals surface area contributed by atoms with E-state index >= 15 is 0 Å². The molecule has 0 unspecified atom stereocenters. The second-order valence-corrected chi connectivity index (χ2v) is 9.36. The summed E-state index contributed by atoms with van der Waals surface area (Å²) < 4.78 is 8.35. The van der Waals surface area contributed by atoms with Gasteiger partial charge in [-0.3, -0.25) is 19.0 Å². The van der Waals surface area contributed by atoms with Crippen molar-refractivity contribution in [3.63, 3.8) is 0 Å². The lowest BCUT2D eigenvalue weighted by Gasteiger charge is -2.27. The van der Waals surface area contributed by atoms with Crippen LogP contribution < -0.4 is 21.4 Å². The molecule has 1 aliphatic heterocycles. The third kappa shape index (κ3) is 4.15. The van der Waals surface area contributed by atoms with Gasteiger partial charge in [0.15, 0.2) is 5.65 Å². The van der Waals surface area contributed by atoms with Crippen molar-refractivity contribution < 1.29 is 9.53 Å². The first-order valence-electron chi connectivity index (χ1n) is 11.3. The summed E-state index contributed by atoms with van der Waals surface area (Å²) >= 11 is 1.40. The molecule has 1 fully saturated rings. The highest BCUT2D eigenvalue weighted by atomic mass is 32.1. The monoisotopic (exact) mass is 490 g/mol. The maximum absolute atomic E-state index is 13.6. The lowest BCUT2D eigenvalue weighted by Crippen LogP contribution is -2.37. The van der Waals surface area contributed by atoms with Crippen molar-refractivity contribution in [1.29, 1.82) is 0 Å². The number of benzene rings is 1. The van der Waals surface area contributed by atoms with Crippen LogP contribution in [0.3, 0.4) is 0 Å². The molecule has 3 N–H and O–H groups in total. The molecule has 35 heavy (non-hydrogen) atoms. The van der Waals surface area contributed by atoms with Crippen LogP contribution in [0.4, 0.5) is 5.82 Å². The average Bonchev–Trinajstić information content (AvgIpc) is 3.26. The first-order chi connectivity index (χ1) is 17.0. The number of hydrogen-bond acceptors (Lipinski definition) is 8. The molecule has 0 saturated carbocycles. The van der Waals surface area contributed by atoms with E-state index in [2.05, 4.69) is 15.2 Å². The van der Waals surface area contributed by atoms with Crippen LogP contribution in [0.25, 0.3) is 26.1 Å². The maximum Gasteiger partial charge on any atom is 0.258 e. The van der Waals surface area contributed by atoms with Crippen LogP contribution in [0.2, 0.25) is 0 Å². The standard InChI is InChI=1S/C25H26N6O3S/c1-15(26)16(13-27-2)14-28-24(33)21-22(32)17-7-8-20(30-9-11-34-12-10-30)29-23(17)31-18-5-3-4-6-19(18)35-25(21)31/h3-8,13H,9-12,14,26H2,1-2H3,(H,28,33). The molecule has 1 saturated heterocycles. The summed E-state index contributed by atoms with van der Waals surface area (Å²) in [6, 6.07) is 11.4. The number of allylic oxidation sites excluding steroid dienone is 1. The van der Waals surface area contributed by atoms with Crippen molar-refractivity contribution in [2.45, 2.75) is 6.92 Å². The minimum atomic E-state index is -0.457. The summed E-state index contributed by atoms with van der Waals surface area (Å²) in [6.07, 6.45) is 1.61. The molecule has 180 valence electrons. The van der Waals surface area contributed by atoms with Crippen LogP contribution in [-0.4, -0.2) is 61.4 Å². The molecular weight excluding hydrogens is 464 g/mol. The summed E-state index contributed by atoms with van der Waals surface area (Å²) in [5.74, 6) is 0.329. The fourth-order valence-electron chi connectivity index (χ4n) is 4.25. The molecule has 0 radical (unpaired) electrons. The van der Waals surface area contributed by atoms with Gasteiger partial charge in [0, 0.05) is 44.2 Å². The molecule has 1 aliphatic rings. The first-order valence-corrected chi connectivity index (χ1v) is 12.2. The number of aliphatic imine (C=N–C) groups is 1. The fraction of sp³-hybridized carbons (Fsp3) is 0.280. The molecule has 4 heterocycles. The normalized spacial score (nSPS) is 15.3. The Hall–Kier alpha value is -3.76. The first kappa shape index (κ1) is 23.0. The van der Waals surface area contributed by atoms with Crippen molar-refractivity contribution in [3.8, 4) is 0 Å². The molecule has 1 aromatic carbocycles. The Morgan fingerprint density at radius 3 is 2.77 bits per heavy atom. The quantitative estimate of drug-likeness (QED) is 0.416. The molecule has 0 atom stereocenters. The number of carbonyl (C=O) groups is 1. The largest absolute Gasteiger partial charge is 0.402 e. The van der Waals surface area contributed by atoms with Gasteiger partial charge in [-0.2, -0.15) is 0 Å². The Bertz CT molecular complexity index is 1560. The van der Waals surface area contributed by atoms with Crippen molar-refractivity contribution in [3.05, 3.63) is 63.5 Å². The molecule has 5 rings (SSSR count). The number of aromatic nitrogens is 2. The Balaban J connectivity index is 1.70. The van der Waals surface area contributed by atoms with Gasteiger partial charge in [0.2, 0.25) is 5.43 Å². The molecule has 0 aliphatic carbocycles. The molecule has 1 amide bonds. The molecule has 0 bridgehead atoms. The van der Waals surface area contributed by atoms with Gasteiger partial charge in [0.05, 0.1) is 28.8 Å². The van der Waals surface area contributed by atoms with Gasteiger partial charge in [0.1, 0.15) is 16.2 Å². The van der Waals surface area contributed by atoms with E-state index in [-0.39, 0.29) is 17.5 Å². The average molecular weight is 491 g/mol. The number of carbonyl (C=O) groups excluding carboxylic acids is 1. The zero-order valence-electron chi connectivity index (χ0n) is 19.6. The maximum atomic E-state index is 13.6. The smallest absolute Gasteiger partial charge is 0.258 e. The Labute approximate surface area is 205 Å². The number of nitrogens with one attached hydrogen (secondary N) is 1. The summed E-state index contributed by atoms with van der Waals surface area (Å²) in [6.45, 7) is 4.66. The number of rotatable bonds is 5. The highest BCUT2D eigenvalue weighted by molar-refractivity contribution is 7.24. The van der Waals surface area contributed by atoms with Crippen LogP contribution in [0, 0.1) is 0 Å². The number of nitrogens with two attached hydrogens (primary N) is 1. The lowest BCUT2D eigenvalue weighted by molar-refractivity contribution is 0.0958. The number of fused-ring (bicyclic) bond motifs is 5. The summed E-state index contributed by atoms with van der Waals surface area (Å²) in [7, 11) is 1.64. The Morgan fingerprint density at radius 2 is 2.03 bits per heavy atom. The Morgan fingerprint density at radius 1 is 1.26 bits per heavy atom. The van der Waals surface area contributed by atoms with E-state index in [0.29, 0.717) is 40.3 Å². The minimum Gasteiger partial charge on any atom is -0.402 e. The predicted octanol–water partition coefficient (Wildman–Crippen LogP) is 2.56. The van der Waals surface area contributed by atoms with Crippen LogP contribution in [0.15, 0.2) is 57.5 Å². The third-order valence-electron chi connectivity index (χ3n) is 6.07. The summed E-state index contributed by atoms with van der Waals surface area (Å²) in [4.78, 5) is 38.6. The molecule has 10 heteroatoms. The number of amides is 1. The topological polar surface area (TPSA) is 114 Å². The van der Waals surface area contributed by atoms with E-state index < -0.39 is 5.91 Å². The van der Waals surface area contributed by atoms with Crippen LogP contribution >= 0.6 is 11.3 Å². The van der Waals surface area contributed by atoms with E-state index in [1.165, 1.54) is 11.3 Å². The van der Waals surface area contributed by atoms with Crippen molar-refractivity contribution in [2.24, 2.45) is 10.7 Å². The van der Waals surface area contributed by atoms with Crippen molar-refractivity contribution >= 4 is 55.4 Å². The van der Waals surface area contributed by atoms with E-state index in [9.17, 15) is 9.59 Å². The second kappa shape index (κ2) is 9.47. The van der Waals surface area contributed by atoms with Gasteiger partial charge in [-0.15, -0.1) is 11.3 Å². The van der Waals surface area contributed by atoms with E-state index in [1.807, 2.05) is 34.7 Å². The SMILES string of the molecule is CN=CC(CNC(=O)c1c(=O)c2ccc(N3CCOCC3)nc2n2c1sc1ccccc12)=C(C)N. The number of para-hydroxylation sites is 1.